The van der Waals surface area contributed by atoms with Gasteiger partial charge in [0.2, 0.25) is 0 Å². The van der Waals surface area contributed by atoms with Crippen LogP contribution in [0.5, 0.6) is 5.75 Å². The molecule has 7 N–H and O–H groups in total. The summed E-state index contributed by atoms with van der Waals surface area (Å²) in [6.07, 6.45) is 0. The average Bonchev–Trinajstić information content (AvgIpc) is 3.02. The van der Waals surface area contributed by atoms with E-state index in [0.29, 0.717) is 17.5 Å². The minimum absolute atomic E-state index is 0.0484. The summed E-state index contributed by atoms with van der Waals surface area (Å²) in [5.74, 6) is -1.96. The quantitative estimate of drug-likeness (QED) is 0.0472. The van der Waals surface area contributed by atoms with E-state index in [4.69, 9.17) is 5.73 Å². The zero-order valence-electron chi connectivity index (χ0n) is 25.0. The molecular formula is C27H21BrN6O13S4. The Labute approximate surface area is 297 Å². The van der Waals surface area contributed by atoms with Crippen LogP contribution in [0.4, 0.5) is 34.1 Å². The average molecular weight is 846 g/mol. The van der Waals surface area contributed by atoms with Gasteiger partial charge in [0.15, 0.2) is 15.6 Å². The number of benzene rings is 4. The molecule has 268 valence electrons. The molecule has 0 aliphatic carbocycles. The fourth-order valence-electron chi connectivity index (χ4n) is 4.20. The molecule has 0 saturated heterocycles. The number of fused-ring (bicyclic) bond motifs is 1. The smallest absolute Gasteiger partial charge is 0.296 e. The summed E-state index contributed by atoms with van der Waals surface area (Å²) >= 11 is 2.85. The molecule has 4 aromatic carbocycles. The lowest BCUT2D eigenvalue weighted by Crippen LogP contribution is -2.10. The molecule has 1 amide bonds. The van der Waals surface area contributed by atoms with Gasteiger partial charge in [0.25, 0.3) is 36.3 Å². The van der Waals surface area contributed by atoms with Crippen LogP contribution < -0.4 is 11.1 Å². The highest BCUT2D eigenvalue weighted by Crippen LogP contribution is 2.48. The number of nitrogens with two attached hydrogens (primary N) is 1. The number of azo groups is 2. The van der Waals surface area contributed by atoms with Crippen LogP contribution in [0.25, 0.3) is 10.8 Å². The molecule has 0 fully saturated rings. The summed E-state index contributed by atoms with van der Waals surface area (Å²) in [6.45, 7) is 6.58. The maximum absolute atomic E-state index is 12.4. The predicted octanol–water partition coefficient (Wildman–Crippen LogP) is 5.46. The Morgan fingerprint density at radius 3 is 1.80 bits per heavy atom. The molecule has 0 heterocycles. The Morgan fingerprint density at radius 1 is 0.765 bits per heavy atom. The van der Waals surface area contributed by atoms with Gasteiger partial charge >= 0.3 is 0 Å². The Bertz CT molecular complexity index is 2680. The van der Waals surface area contributed by atoms with Gasteiger partial charge in [0, 0.05) is 11.1 Å². The summed E-state index contributed by atoms with van der Waals surface area (Å²) in [5.41, 5.74) is 2.66. The van der Waals surface area contributed by atoms with Gasteiger partial charge in [-0.05, 0) is 75.9 Å². The third kappa shape index (κ3) is 8.51. The second kappa shape index (κ2) is 14.0. The van der Waals surface area contributed by atoms with Crippen molar-refractivity contribution in [2.75, 3.05) is 11.1 Å². The zero-order valence-corrected chi connectivity index (χ0v) is 29.9. The number of phenolic OH excluding ortho intramolecular Hbond substituents is 1. The van der Waals surface area contributed by atoms with E-state index in [0.717, 1.165) is 30.3 Å². The van der Waals surface area contributed by atoms with E-state index in [9.17, 15) is 57.2 Å². The number of aromatic hydroxyl groups is 1. The van der Waals surface area contributed by atoms with Crippen LogP contribution in [0.15, 0.2) is 118 Å². The first-order valence-corrected chi connectivity index (χ1v) is 19.8. The van der Waals surface area contributed by atoms with Gasteiger partial charge in [-0.1, -0.05) is 13.2 Å². The molecule has 0 radical (unpaired) electrons. The number of hydrogen-bond donors (Lipinski definition) is 6. The van der Waals surface area contributed by atoms with Crippen molar-refractivity contribution < 1.29 is 57.2 Å². The van der Waals surface area contributed by atoms with Gasteiger partial charge in [0.05, 0.1) is 26.1 Å². The molecule has 0 aliphatic rings. The normalized spacial score (nSPS) is 12.8. The number of carbonyl (C=O) groups excluding carboxylic acids is 1. The van der Waals surface area contributed by atoms with Crippen molar-refractivity contribution in [3.63, 3.8) is 0 Å². The third-order valence-electron chi connectivity index (χ3n) is 6.52. The standard InChI is InChI=1S/C27H21BrN6O13S4/c1-3-48(37,38)17-7-4-15(5-8-17)31-33-24-20(50(42,43)44)10-14-11-21(51(45,46)47)25(26(35)22(14)23(24)29)34-32-18-12-16(30-27(36)13(2)28)6-9-19(18)49(39,40)41/h3-12,35H,1-2,29H2,(H,30,36)(H,39,40,41)(H,42,43,44)(H,45,46,47). The van der Waals surface area contributed by atoms with Crippen molar-refractivity contribution in [1.82, 2.24) is 0 Å². The fourth-order valence-corrected chi connectivity index (χ4v) is 6.94. The Morgan fingerprint density at radius 2 is 1.29 bits per heavy atom. The van der Waals surface area contributed by atoms with Gasteiger partial charge in [-0.15, -0.1) is 15.3 Å². The van der Waals surface area contributed by atoms with Gasteiger partial charge in [-0.2, -0.15) is 30.4 Å². The van der Waals surface area contributed by atoms with Crippen molar-refractivity contribution in [2.24, 2.45) is 20.5 Å². The summed E-state index contributed by atoms with van der Waals surface area (Å²) in [4.78, 5) is 8.72. The Balaban J connectivity index is 1.99. The first kappa shape index (κ1) is 38.8. The summed E-state index contributed by atoms with van der Waals surface area (Å²) < 4.78 is 127. The number of rotatable bonds is 11. The molecule has 0 aromatic heterocycles. The summed E-state index contributed by atoms with van der Waals surface area (Å²) in [7, 11) is -19.4. The van der Waals surface area contributed by atoms with E-state index < -0.39 is 100 Å². The SMILES string of the molecule is C=CS(=O)(=O)c1ccc(N=Nc2c(S(=O)(=O)O)cc3cc(S(=O)(=O)O)c(N=Nc4cc(NC(=O)C(=C)Br)ccc4S(=O)(=O)O)c(O)c3c2N)cc1. The maximum Gasteiger partial charge on any atom is 0.296 e. The van der Waals surface area contributed by atoms with Crippen LogP contribution in [0.1, 0.15) is 0 Å². The number of hydrogen-bond acceptors (Lipinski definition) is 15. The number of phenols is 1. The predicted molar refractivity (Wildman–Crippen MR) is 185 cm³/mol. The summed E-state index contributed by atoms with van der Waals surface area (Å²) in [5, 5.41) is 27.9. The van der Waals surface area contributed by atoms with Gasteiger partial charge in [-0.25, -0.2) is 8.42 Å². The molecule has 4 rings (SSSR count). The molecular weight excluding hydrogens is 824 g/mol. The Hall–Kier alpha value is -4.95. The fraction of sp³-hybridized carbons (Fsp3) is 0. The number of carbonyl (C=O) groups is 1. The lowest BCUT2D eigenvalue weighted by atomic mass is 10.1. The number of sulfone groups is 1. The van der Waals surface area contributed by atoms with Crippen LogP contribution in [0, 0.1) is 0 Å². The van der Waals surface area contributed by atoms with Crippen LogP contribution in [-0.4, -0.2) is 58.3 Å². The van der Waals surface area contributed by atoms with Crippen LogP contribution >= 0.6 is 15.9 Å². The number of anilines is 2. The van der Waals surface area contributed by atoms with E-state index in [2.05, 4.69) is 54.9 Å². The highest BCUT2D eigenvalue weighted by Gasteiger charge is 2.28. The largest absolute Gasteiger partial charge is 0.505 e. The monoisotopic (exact) mass is 844 g/mol. The van der Waals surface area contributed by atoms with E-state index >= 15 is 0 Å². The van der Waals surface area contributed by atoms with E-state index in [1.54, 1.807) is 0 Å². The highest BCUT2D eigenvalue weighted by atomic mass is 79.9. The van der Waals surface area contributed by atoms with Gasteiger partial charge in [-0.3, -0.25) is 18.5 Å². The molecule has 0 unspecified atom stereocenters. The second-order valence-electron chi connectivity index (χ2n) is 9.88. The lowest BCUT2D eigenvalue weighted by molar-refractivity contribution is -0.112. The molecule has 0 bridgehead atoms. The topological polar surface area (TPSA) is 322 Å². The van der Waals surface area contributed by atoms with E-state index in [1.807, 2.05) is 0 Å². The van der Waals surface area contributed by atoms with Crippen LogP contribution in [0.2, 0.25) is 0 Å². The Kier molecular flexibility index (Phi) is 10.7. The minimum Gasteiger partial charge on any atom is -0.505 e. The molecule has 19 nitrogen and oxygen atoms in total. The molecule has 24 heteroatoms. The number of nitrogens with one attached hydrogen (secondary N) is 1. The summed E-state index contributed by atoms with van der Waals surface area (Å²) in [6, 6.07) is 8.58. The van der Waals surface area contributed by atoms with Gasteiger partial charge in [0.1, 0.15) is 31.7 Å². The van der Waals surface area contributed by atoms with Crippen molar-refractivity contribution in [1.29, 1.82) is 0 Å². The highest BCUT2D eigenvalue weighted by molar-refractivity contribution is 9.12. The first-order chi connectivity index (χ1) is 23.5. The first-order valence-electron chi connectivity index (χ1n) is 13.1. The van der Waals surface area contributed by atoms with Gasteiger partial charge < -0.3 is 16.2 Å². The number of nitrogen functional groups attached to an aromatic ring is 1. The van der Waals surface area contributed by atoms with Crippen LogP contribution in [-0.2, 0) is 45.0 Å². The molecule has 0 saturated carbocycles. The molecule has 51 heavy (non-hydrogen) atoms. The molecule has 0 aliphatic heterocycles. The van der Waals surface area contributed by atoms with Crippen molar-refractivity contribution in [2.45, 2.75) is 19.6 Å². The lowest BCUT2D eigenvalue weighted by Gasteiger charge is -2.14. The minimum atomic E-state index is -5.35. The van der Waals surface area contributed by atoms with Crippen LogP contribution in [0.3, 0.4) is 0 Å². The second-order valence-corrected chi connectivity index (χ2v) is 16.9. The molecule has 0 spiro atoms. The molecule has 4 aromatic rings. The van der Waals surface area contributed by atoms with E-state index in [-0.39, 0.29) is 20.8 Å². The molecule has 0 atom stereocenters. The third-order valence-corrected chi connectivity index (χ3v) is 10.9. The van der Waals surface area contributed by atoms with E-state index in [1.165, 1.54) is 12.1 Å². The number of amides is 1. The van der Waals surface area contributed by atoms with Crippen molar-refractivity contribution >= 4 is 107 Å². The number of nitrogens with zero attached hydrogens (tertiary/aromatic N) is 4. The zero-order chi connectivity index (χ0) is 38.3. The van der Waals surface area contributed by atoms with Crippen molar-refractivity contribution in [3.05, 3.63) is 77.6 Å². The maximum atomic E-state index is 12.4. The number of halogens is 1. The van der Waals surface area contributed by atoms with Crippen molar-refractivity contribution in [3.8, 4) is 5.75 Å².